The maximum Gasteiger partial charge on any atom is 0.330 e. The lowest BCUT2D eigenvalue weighted by Crippen LogP contribution is -2.42. The molecule has 2 heterocycles. The van der Waals surface area contributed by atoms with Crippen molar-refractivity contribution in [1.82, 2.24) is 4.98 Å². The average molecular weight is 588 g/mol. The Hall–Kier alpha value is -3.37. The molecule has 0 bridgehead atoms. The second kappa shape index (κ2) is 15.6. The molecule has 1 aliphatic rings. The lowest BCUT2D eigenvalue weighted by Gasteiger charge is -2.34. The zero-order chi connectivity index (χ0) is 30.7. The molecule has 0 aliphatic carbocycles. The van der Waals surface area contributed by atoms with Gasteiger partial charge in [0.05, 0.1) is 35.6 Å². The number of aromatic nitrogens is 1. The fraction of sp³-hybridized carbons (Fsp3) is 0.516. The predicted molar refractivity (Wildman–Crippen MR) is 157 cm³/mol. The smallest absolute Gasteiger partial charge is 0.330 e. The lowest BCUT2D eigenvalue weighted by molar-refractivity contribution is -0.149. The number of carbonyl (C=O) groups is 4. The van der Waals surface area contributed by atoms with E-state index in [0.717, 1.165) is 17.2 Å². The third kappa shape index (κ3) is 9.89. The Labute approximate surface area is 245 Å². The summed E-state index contributed by atoms with van der Waals surface area (Å²) in [5.41, 5.74) is 2.49. The van der Waals surface area contributed by atoms with Crippen molar-refractivity contribution < 1.29 is 38.9 Å². The van der Waals surface area contributed by atoms with E-state index in [0.29, 0.717) is 25.0 Å². The number of carboxylic acids is 1. The summed E-state index contributed by atoms with van der Waals surface area (Å²) in [7, 11) is 0. The topological polar surface area (TPSA) is 140 Å². The fourth-order valence-electron chi connectivity index (χ4n) is 4.91. The standard InChI is InChI=1S/C31H41NO8S/c1-7-27(35)39-16-23-10-8-9-19(2)29(37)22(5)30(38)31(6,15-26(33)34)21(4)14-28(36)40-25(12-11-23)20(3)13-24-17-41-18-32-24/h7,11,13,17-19,22,25,29,37H,1,4,8-10,12,14-16H2,2-3,5-6H3,(H,33,34)/b20-13+,23-11+/t19-,22+,25-,29-,31+/m0/s1. The molecule has 2 rings (SSSR count). The molecule has 1 aliphatic heterocycles. The maximum atomic E-state index is 13.6. The first-order chi connectivity index (χ1) is 19.3. The molecule has 0 amide bonds. The van der Waals surface area contributed by atoms with Crippen molar-refractivity contribution in [1.29, 1.82) is 0 Å². The number of thiazole rings is 1. The second-order valence-corrected chi connectivity index (χ2v) is 11.6. The molecule has 41 heavy (non-hydrogen) atoms. The van der Waals surface area contributed by atoms with E-state index in [9.17, 15) is 29.4 Å². The summed E-state index contributed by atoms with van der Waals surface area (Å²) in [6.07, 6.45) is 4.16. The Morgan fingerprint density at radius 1 is 1.32 bits per heavy atom. The van der Waals surface area contributed by atoms with E-state index in [2.05, 4.69) is 18.1 Å². The molecule has 2 N–H and O–H groups in total. The Balaban J connectivity index is 2.49. The minimum Gasteiger partial charge on any atom is -0.481 e. The van der Waals surface area contributed by atoms with Gasteiger partial charge in [0.25, 0.3) is 0 Å². The molecule has 10 heteroatoms. The molecule has 0 aromatic carbocycles. The highest BCUT2D eigenvalue weighted by Crippen LogP contribution is 2.38. The molecule has 1 aromatic heterocycles. The molecule has 9 nitrogen and oxygen atoms in total. The van der Waals surface area contributed by atoms with Gasteiger partial charge in [-0.25, -0.2) is 9.78 Å². The molecule has 224 valence electrons. The highest BCUT2D eigenvalue weighted by atomic mass is 32.1. The van der Waals surface area contributed by atoms with Gasteiger partial charge in [-0.15, -0.1) is 11.3 Å². The number of esters is 2. The summed E-state index contributed by atoms with van der Waals surface area (Å²) in [5.74, 6) is -4.10. The van der Waals surface area contributed by atoms with Crippen LogP contribution in [0.15, 0.2) is 52.9 Å². The van der Waals surface area contributed by atoms with Gasteiger partial charge in [-0.1, -0.05) is 38.7 Å². The van der Waals surface area contributed by atoms with Gasteiger partial charge in [-0.3, -0.25) is 14.4 Å². The van der Waals surface area contributed by atoms with E-state index < -0.39 is 53.7 Å². The van der Waals surface area contributed by atoms with E-state index >= 15 is 0 Å². The number of rotatable bonds is 7. The first kappa shape index (κ1) is 33.8. The molecular weight excluding hydrogens is 546 g/mol. The quantitative estimate of drug-likeness (QED) is 0.246. The van der Waals surface area contributed by atoms with Gasteiger partial charge in [0.1, 0.15) is 18.5 Å². The van der Waals surface area contributed by atoms with Crippen LogP contribution in [0.4, 0.5) is 0 Å². The molecule has 0 saturated carbocycles. The van der Waals surface area contributed by atoms with E-state index in [4.69, 9.17) is 9.47 Å². The Bertz CT molecular complexity index is 1180. The summed E-state index contributed by atoms with van der Waals surface area (Å²) < 4.78 is 11.1. The van der Waals surface area contributed by atoms with Crippen LogP contribution in [-0.4, -0.2) is 57.7 Å². The number of ether oxygens (including phenoxy) is 2. The fourth-order valence-corrected chi connectivity index (χ4v) is 5.42. The third-order valence-electron chi connectivity index (χ3n) is 7.65. The Morgan fingerprint density at radius 2 is 2.02 bits per heavy atom. The number of carboxylic acid groups (broad SMARTS) is 1. The first-order valence-corrected chi connectivity index (χ1v) is 14.6. The number of aliphatic hydroxyl groups excluding tert-OH is 1. The molecule has 0 saturated heterocycles. The summed E-state index contributed by atoms with van der Waals surface area (Å²) in [4.78, 5) is 54.6. The van der Waals surface area contributed by atoms with Crippen LogP contribution in [-0.2, 0) is 28.7 Å². The van der Waals surface area contributed by atoms with Gasteiger partial charge in [0, 0.05) is 23.8 Å². The van der Waals surface area contributed by atoms with Gasteiger partial charge in [0.2, 0.25) is 0 Å². The number of aliphatic carboxylic acids is 1. The average Bonchev–Trinajstić information content (AvgIpc) is 3.43. The largest absolute Gasteiger partial charge is 0.481 e. The van der Waals surface area contributed by atoms with Crippen LogP contribution in [0.1, 0.15) is 71.9 Å². The maximum absolute atomic E-state index is 13.6. The highest BCUT2D eigenvalue weighted by Gasteiger charge is 2.44. The van der Waals surface area contributed by atoms with Gasteiger partial charge in [-0.05, 0) is 56.3 Å². The lowest BCUT2D eigenvalue weighted by atomic mass is 9.69. The van der Waals surface area contributed by atoms with E-state index in [-0.39, 0.29) is 30.9 Å². The van der Waals surface area contributed by atoms with Crippen molar-refractivity contribution in [2.75, 3.05) is 6.61 Å². The summed E-state index contributed by atoms with van der Waals surface area (Å²) in [6, 6.07) is 0. The first-order valence-electron chi connectivity index (χ1n) is 13.6. The minimum absolute atomic E-state index is 0.0382. The number of Topliss-reactive ketones (excluding diaryl/α,β-unsaturated/α-hetero) is 1. The van der Waals surface area contributed by atoms with E-state index in [1.54, 1.807) is 12.4 Å². The highest BCUT2D eigenvalue weighted by molar-refractivity contribution is 7.07. The van der Waals surface area contributed by atoms with Gasteiger partial charge in [0.15, 0.2) is 0 Å². The van der Waals surface area contributed by atoms with Crippen molar-refractivity contribution in [2.24, 2.45) is 17.3 Å². The van der Waals surface area contributed by atoms with Crippen molar-refractivity contribution in [2.45, 2.75) is 78.4 Å². The van der Waals surface area contributed by atoms with Crippen molar-refractivity contribution in [3.05, 3.63) is 58.6 Å². The second-order valence-electron chi connectivity index (χ2n) is 10.9. The summed E-state index contributed by atoms with van der Waals surface area (Å²) in [5, 5.41) is 22.5. The number of carbonyl (C=O) groups excluding carboxylic acids is 3. The number of cyclic esters (lactones) is 1. The summed E-state index contributed by atoms with van der Waals surface area (Å²) in [6.45, 7) is 14.1. The van der Waals surface area contributed by atoms with Crippen LogP contribution in [0.25, 0.3) is 6.08 Å². The van der Waals surface area contributed by atoms with Gasteiger partial charge < -0.3 is 19.7 Å². The van der Waals surface area contributed by atoms with Crippen LogP contribution < -0.4 is 0 Å². The number of hydrogen-bond donors (Lipinski definition) is 2. The van der Waals surface area contributed by atoms with Crippen LogP contribution in [0.5, 0.6) is 0 Å². The van der Waals surface area contributed by atoms with E-state index in [1.165, 1.54) is 18.3 Å². The normalized spacial score (nSPS) is 28.8. The zero-order valence-electron chi connectivity index (χ0n) is 24.3. The van der Waals surface area contributed by atoms with Crippen LogP contribution >= 0.6 is 11.3 Å². The van der Waals surface area contributed by atoms with Crippen LogP contribution in [0.2, 0.25) is 0 Å². The van der Waals surface area contributed by atoms with Crippen molar-refractivity contribution >= 4 is 41.1 Å². The van der Waals surface area contributed by atoms with Crippen LogP contribution in [0.3, 0.4) is 0 Å². The molecule has 0 fully saturated rings. The Kier molecular flexibility index (Phi) is 12.9. The molecule has 1 aromatic rings. The molecule has 0 unspecified atom stereocenters. The number of hydrogen-bond acceptors (Lipinski definition) is 9. The number of aliphatic hydroxyl groups is 1. The van der Waals surface area contributed by atoms with Gasteiger partial charge in [-0.2, -0.15) is 0 Å². The SMILES string of the molecule is C=CC(=O)OC/C1=C/C[C@@H](/C(C)=C/c2cscn2)OC(=O)CC(=C)[C@@](C)(CC(=O)O)C(=O)[C@H](C)[C@@H](O)[C@@H](C)CCC1. The predicted octanol–water partition coefficient (Wildman–Crippen LogP) is 5.32. The van der Waals surface area contributed by atoms with Crippen molar-refractivity contribution in [3.8, 4) is 0 Å². The monoisotopic (exact) mass is 587 g/mol. The molecule has 5 atom stereocenters. The number of ketones is 1. The van der Waals surface area contributed by atoms with E-state index in [1.807, 2.05) is 31.4 Å². The Morgan fingerprint density at radius 3 is 2.63 bits per heavy atom. The molecule has 0 spiro atoms. The van der Waals surface area contributed by atoms with Crippen LogP contribution in [0, 0.1) is 17.3 Å². The van der Waals surface area contributed by atoms with Crippen molar-refractivity contribution in [3.63, 3.8) is 0 Å². The number of nitrogens with zero attached hydrogens (tertiary/aromatic N) is 1. The molecule has 0 radical (unpaired) electrons. The third-order valence-corrected chi connectivity index (χ3v) is 8.25. The molecular formula is C31H41NO8S. The summed E-state index contributed by atoms with van der Waals surface area (Å²) >= 11 is 1.43. The van der Waals surface area contributed by atoms with Gasteiger partial charge >= 0.3 is 17.9 Å². The minimum atomic E-state index is -1.58. The zero-order valence-corrected chi connectivity index (χ0v) is 25.1.